The maximum Gasteiger partial charge on any atom is 0.243 e. The van der Waals surface area contributed by atoms with Gasteiger partial charge in [0.15, 0.2) is 0 Å². The van der Waals surface area contributed by atoms with Crippen LogP contribution in [0.2, 0.25) is 0 Å². The van der Waals surface area contributed by atoms with E-state index in [9.17, 15) is 17.2 Å². The van der Waals surface area contributed by atoms with E-state index < -0.39 is 26.6 Å². The van der Waals surface area contributed by atoms with Crippen molar-refractivity contribution >= 4 is 10.0 Å². The molecule has 1 aromatic carbocycles. The second kappa shape index (κ2) is 5.52. The Hall–Kier alpha value is -1.05. The van der Waals surface area contributed by atoms with Gasteiger partial charge in [-0.3, -0.25) is 0 Å². The highest BCUT2D eigenvalue weighted by Crippen LogP contribution is 2.19. The van der Waals surface area contributed by atoms with Crippen LogP contribution in [0.25, 0.3) is 0 Å². The molecule has 7 heteroatoms. The third kappa shape index (κ3) is 3.29. The Morgan fingerprint density at radius 2 is 2.11 bits per heavy atom. The third-order valence-corrected chi connectivity index (χ3v) is 4.62. The predicted octanol–water partition coefficient (Wildman–Crippen LogP) is 1.30. The van der Waals surface area contributed by atoms with E-state index in [4.69, 9.17) is 0 Å². The quantitative estimate of drug-likeness (QED) is 0.879. The van der Waals surface area contributed by atoms with Gasteiger partial charge in [-0.25, -0.2) is 21.9 Å². The van der Waals surface area contributed by atoms with Crippen LogP contribution >= 0.6 is 0 Å². The highest BCUT2D eigenvalue weighted by atomic mass is 32.2. The van der Waals surface area contributed by atoms with Crippen molar-refractivity contribution in [1.82, 2.24) is 10.0 Å². The van der Waals surface area contributed by atoms with Crippen molar-refractivity contribution in [3.8, 4) is 0 Å². The van der Waals surface area contributed by atoms with Crippen molar-refractivity contribution in [3.05, 3.63) is 29.3 Å². The van der Waals surface area contributed by atoms with Crippen LogP contribution in [0, 0.1) is 18.6 Å². The Morgan fingerprint density at radius 1 is 1.37 bits per heavy atom. The van der Waals surface area contributed by atoms with Crippen LogP contribution in [0.5, 0.6) is 0 Å². The monoisotopic (exact) mass is 290 g/mol. The maximum atomic E-state index is 13.6. The summed E-state index contributed by atoms with van der Waals surface area (Å²) in [5.41, 5.74) is 0.0979. The first kappa shape index (κ1) is 14.4. The van der Waals surface area contributed by atoms with E-state index in [-0.39, 0.29) is 18.2 Å². The minimum atomic E-state index is -3.95. The van der Waals surface area contributed by atoms with Gasteiger partial charge in [0.05, 0.1) is 0 Å². The molecule has 1 heterocycles. The molecule has 0 spiro atoms. The molecule has 0 amide bonds. The van der Waals surface area contributed by atoms with E-state index in [1.807, 2.05) is 0 Å². The molecular weight excluding hydrogens is 274 g/mol. The number of hydrogen-bond acceptors (Lipinski definition) is 3. The summed E-state index contributed by atoms with van der Waals surface area (Å²) in [5, 5.41) is 3.14. The summed E-state index contributed by atoms with van der Waals surface area (Å²) in [6, 6.07) is 1.67. The number of sulfonamides is 1. The molecule has 0 aromatic heterocycles. The summed E-state index contributed by atoms with van der Waals surface area (Å²) in [6.45, 7) is 2.46. The first-order valence-electron chi connectivity index (χ1n) is 6.09. The number of nitrogens with one attached hydrogen (secondary N) is 2. The summed E-state index contributed by atoms with van der Waals surface area (Å²) in [4.78, 5) is -0.510. The molecule has 2 rings (SSSR count). The second-order valence-corrected chi connectivity index (χ2v) is 6.41. The van der Waals surface area contributed by atoms with Crippen LogP contribution in [0.1, 0.15) is 18.4 Å². The van der Waals surface area contributed by atoms with Crippen molar-refractivity contribution in [2.24, 2.45) is 0 Å². The van der Waals surface area contributed by atoms with E-state index in [1.54, 1.807) is 0 Å². The van der Waals surface area contributed by atoms with Gasteiger partial charge in [-0.15, -0.1) is 0 Å². The van der Waals surface area contributed by atoms with Gasteiger partial charge in [0.1, 0.15) is 16.5 Å². The molecule has 1 saturated heterocycles. The molecule has 1 fully saturated rings. The fraction of sp³-hybridized carbons (Fsp3) is 0.500. The van der Waals surface area contributed by atoms with Crippen molar-refractivity contribution < 1.29 is 17.2 Å². The zero-order chi connectivity index (χ0) is 14.0. The Balaban J connectivity index is 2.16. The molecule has 4 nitrogen and oxygen atoms in total. The Bertz CT molecular complexity index is 569. The van der Waals surface area contributed by atoms with Gasteiger partial charge >= 0.3 is 0 Å². The summed E-state index contributed by atoms with van der Waals surface area (Å²) >= 11 is 0. The standard InChI is InChI=1S/C12H16F2N2O2S/c1-8-5-12(11(14)6-10(8)13)19(17,18)16-7-9-3-2-4-15-9/h5-6,9,15-16H,2-4,7H2,1H3. The number of rotatable bonds is 4. The van der Waals surface area contributed by atoms with E-state index in [1.165, 1.54) is 6.92 Å². The van der Waals surface area contributed by atoms with Gasteiger partial charge in [-0.2, -0.15) is 0 Å². The lowest BCUT2D eigenvalue weighted by atomic mass is 10.2. The van der Waals surface area contributed by atoms with Crippen LogP contribution < -0.4 is 10.0 Å². The van der Waals surface area contributed by atoms with Gasteiger partial charge in [0.25, 0.3) is 0 Å². The minimum Gasteiger partial charge on any atom is -0.313 e. The van der Waals surface area contributed by atoms with Crippen molar-refractivity contribution in [1.29, 1.82) is 0 Å². The van der Waals surface area contributed by atoms with Crippen molar-refractivity contribution in [2.45, 2.75) is 30.7 Å². The average molecular weight is 290 g/mol. The lowest BCUT2D eigenvalue weighted by molar-refractivity contribution is 0.530. The molecule has 1 aliphatic heterocycles. The summed E-state index contributed by atoms with van der Waals surface area (Å²) in [7, 11) is -3.95. The fourth-order valence-electron chi connectivity index (χ4n) is 2.06. The van der Waals surface area contributed by atoms with Gasteiger partial charge in [-0.05, 0) is 37.9 Å². The summed E-state index contributed by atoms with van der Waals surface area (Å²) in [5.74, 6) is -1.83. The molecule has 1 atom stereocenters. The smallest absolute Gasteiger partial charge is 0.243 e. The van der Waals surface area contributed by atoms with Gasteiger partial charge in [-0.1, -0.05) is 0 Å². The number of hydrogen-bond donors (Lipinski definition) is 2. The van der Waals surface area contributed by atoms with E-state index in [2.05, 4.69) is 10.0 Å². The van der Waals surface area contributed by atoms with Crippen molar-refractivity contribution in [3.63, 3.8) is 0 Å². The van der Waals surface area contributed by atoms with Gasteiger partial charge in [0, 0.05) is 18.7 Å². The first-order chi connectivity index (χ1) is 8.90. The molecule has 0 saturated carbocycles. The van der Waals surface area contributed by atoms with Gasteiger partial charge in [0.2, 0.25) is 10.0 Å². The summed E-state index contributed by atoms with van der Waals surface area (Å²) < 4.78 is 53.0. The van der Waals surface area contributed by atoms with Crippen LogP contribution in [-0.4, -0.2) is 27.5 Å². The van der Waals surface area contributed by atoms with E-state index >= 15 is 0 Å². The zero-order valence-electron chi connectivity index (χ0n) is 10.5. The Morgan fingerprint density at radius 3 is 2.74 bits per heavy atom. The van der Waals surface area contributed by atoms with E-state index in [0.29, 0.717) is 6.07 Å². The molecule has 1 unspecified atom stereocenters. The van der Waals surface area contributed by atoms with Crippen LogP contribution in [0.15, 0.2) is 17.0 Å². The molecule has 2 N–H and O–H groups in total. The normalized spacial score (nSPS) is 19.8. The first-order valence-corrected chi connectivity index (χ1v) is 7.57. The molecule has 0 bridgehead atoms. The number of aryl methyl sites for hydroxylation is 1. The molecule has 1 aromatic rings. The molecule has 19 heavy (non-hydrogen) atoms. The lowest BCUT2D eigenvalue weighted by Crippen LogP contribution is -2.37. The lowest BCUT2D eigenvalue weighted by Gasteiger charge is -2.13. The number of benzene rings is 1. The predicted molar refractivity (Wildman–Crippen MR) is 67.3 cm³/mol. The SMILES string of the molecule is Cc1cc(S(=O)(=O)NCC2CCCN2)c(F)cc1F. The van der Waals surface area contributed by atoms with Crippen LogP contribution in [0.3, 0.4) is 0 Å². The maximum absolute atomic E-state index is 13.6. The highest BCUT2D eigenvalue weighted by Gasteiger charge is 2.23. The van der Waals surface area contributed by atoms with Gasteiger partial charge < -0.3 is 5.32 Å². The molecule has 0 radical (unpaired) electrons. The molecule has 0 aliphatic carbocycles. The summed E-state index contributed by atoms with van der Waals surface area (Å²) in [6.07, 6.45) is 1.88. The van der Waals surface area contributed by atoms with Crippen LogP contribution in [-0.2, 0) is 10.0 Å². The average Bonchev–Trinajstić information content (AvgIpc) is 2.84. The minimum absolute atomic E-state index is 0.0689. The third-order valence-electron chi connectivity index (χ3n) is 3.18. The fourth-order valence-corrected chi connectivity index (χ4v) is 3.28. The van der Waals surface area contributed by atoms with Crippen LogP contribution in [0.4, 0.5) is 8.78 Å². The second-order valence-electron chi connectivity index (χ2n) is 4.68. The van der Waals surface area contributed by atoms with Crippen molar-refractivity contribution in [2.75, 3.05) is 13.1 Å². The topological polar surface area (TPSA) is 58.2 Å². The molecule has 106 valence electrons. The Labute approximate surface area is 111 Å². The molecule has 1 aliphatic rings. The van der Waals surface area contributed by atoms with E-state index in [0.717, 1.165) is 25.5 Å². The molecular formula is C12H16F2N2O2S. The Kier molecular flexibility index (Phi) is 4.17. The highest BCUT2D eigenvalue weighted by molar-refractivity contribution is 7.89. The largest absolute Gasteiger partial charge is 0.313 e. The number of halogens is 2. The zero-order valence-corrected chi connectivity index (χ0v) is 11.4.